The third-order valence-corrected chi connectivity index (χ3v) is 13.2. The summed E-state index contributed by atoms with van der Waals surface area (Å²) in [6.45, 7) is 6.86. The number of carbonyl (C=O) groups is 3. The smallest absolute Gasteiger partial charge is 0.306 e. The summed E-state index contributed by atoms with van der Waals surface area (Å²) in [6, 6.07) is 0. The lowest BCUT2D eigenvalue weighted by Crippen LogP contribution is -2.65. The first-order chi connectivity index (χ1) is 33.3. The van der Waals surface area contributed by atoms with Gasteiger partial charge in [0.1, 0.15) is 67.6 Å². The lowest BCUT2D eigenvalue weighted by atomic mass is 9.98. The molecule has 2 unspecified atom stereocenters. The lowest BCUT2D eigenvalue weighted by Gasteiger charge is -2.46. The van der Waals surface area contributed by atoms with Crippen LogP contribution in [0.25, 0.3) is 0 Å². The quantitative estimate of drug-likeness (QED) is 0.0326. The highest BCUT2D eigenvalue weighted by Gasteiger charge is 2.52. The fourth-order valence-corrected chi connectivity index (χ4v) is 8.93. The molecule has 3 heterocycles. The topological polar surface area (TPSA) is 307 Å². The summed E-state index contributed by atoms with van der Waals surface area (Å²) in [5.41, 5.74) is 0. The van der Waals surface area contributed by atoms with E-state index >= 15 is 0 Å². The highest BCUT2D eigenvalue weighted by molar-refractivity contribution is 5.80. The first kappa shape index (κ1) is 62.3. The van der Waals surface area contributed by atoms with Gasteiger partial charge < -0.3 is 83.9 Å². The lowest BCUT2D eigenvalue weighted by molar-refractivity contribution is -0.380. The summed E-state index contributed by atoms with van der Waals surface area (Å²) in [5.74, 6) is -1.61. The number of unbranched alkanes of at least 4 members (excludes halogenated alkanes) is 12. The molecule has 9 N–H and O–H groups in total. The summed E-state index contributed by atoms with van der Waals surface area (Å²) in [4.78, 5) is 35.4. The third kappa shape index (κ3) is 22.2. The zero-order valence-corrected chi connectivity index (χ0v) is 42.4. The van der Waals surface area contributed by atoms with Crippen LogP contribution in [0.1, 0.15) is 169 Å². The van der Waals surface area contributed by atoms with Gasteiger partial charge in [0, 0.05) is 13.3 Å². The molecule has 3 saturated heterocycles. The molecule has 0 bridgehead atoms. The van der Waals surface area contributed by atoms with Crippen LogP contribution >= 0.6 is 0 Å². The molecule has 0 radical (unpaired) electrons. The number of esters is 2. The van der Waals surface area contributed by atoms with Crippen molar-refractivity contribution in [1.82, 2.24) is 0 Å². The Kier molecular flexibility index (Phi) is 30.0. The van der Waals surface area contributed by atoms with Gasteiger partial charge in [0.25, 0.3) is 0 Å². The maximum atomic E-state index is 12.4. The van der Waals surface area contributed by atoms with Gasteiger partial charge in [-0.2, -0.15) is 0 Å². The number of ketones is 1. The average molecular weight is 1010 g/mol. The van der Waals surface area contributed by atoms with Crippen molar-refractivity contribution in [3.63, 3.8) is 0 Å². The highest BCUT2D eigenvalue weighted by Crippen LogP contribution is 2.33. The minimum absolute atomic E-state index is 0.0376. The molecule has 0 aromatic rings. The van der Waals surface area contributed by atoms with Crippen molar-refractivity contribution in [2.45, 2.75) is 274 Å². The maximum absolute atomic E-state index is 12.4. The molecule has 0 aliphatic carbocycles. The predicted molar refractivity (Wildman–Crippen MR) is 251 cm³/mol. The molecule has 0 spiro atoms. The second-order valence-corrected chi connectivity index (χ2v) is 20.0. The SMILES string of the molecule is CCCCC(CCC[C@H](O)C(O)CCCCCCCCCCCCCC[C@@H](O)C(C)=O)O[C@H]1OC[C@H](O)[C@@H](O)[C@@H]1O[C@H]1OC[C@H](O)[C@@H](O)[C@@H]1O[C@H]1O[C@@H](COC(=O)CC(C)C)[C@H](OC(C)=O)[C@@H](O)[C@@H]1O. The van der Waals surface area contributed by atoms with Gasteiger partial charge >= 0.3 is 11.9 Å². The molecule has 410 valence electrons. The van der Waals surface area contributed by atoms with Gasteiger partial charge in [-0.05, 0) is 51.4 Å². The molecule has 3 aliphatic rings. The van der Waals surface area contributed by atoms with Gasteiger partial charge in [-0.3, -0.25) is 14.4 Å². The number of aliphatic hydroxyl groups excluding tert-OH is 9. The molecular formula is C50H90O20. The van der Waals surface area contributed by atoms with Crippen LogP contribution in [0, 0.1) is 5.92 Å². The minimum Gasteiger partial charge on any atom is -0.463 e. The van der Waals surface area contributed by atoms with Crippen molar-refractivity contribution in [1.29, 1.82) is 0 Å². The molecule has 20 heteroatoms. The summed E-state index contributed by atoms with van der Waals surface area (Å²) in [5, 5.41) is 97.1. The molecule has 0 aromatic heterocycles. The van der Waals surface area contributed by atoms with Crippen LogP contribution in [0.15, 0.2) is 0 Å². The van der Waals surface area contributed by atoms with E-state index < -0.39 is 129 Å². The summed E-state index contributed by atoms with van der Waals surface area (Å²) < 4.78 is 46.5. The van der Waals surface area contributed by atoms with Gasteiger partial charge in [-0.15, -0.1) is 0 Å². The Morgan fingerprint density at radius 2 is 1.06 bits per heavy atom. The average Bonchev–Trinajstić information content (AvgIpc) is 3.31. The van der Waals surface area contributed by atoms with Crippen molar-refractivity contribution in [2.24, 2.45) is 5.92 Å². The Hall–Kier alpha value is -1.99. The molecule has 17 atom stereocenters. The monoisotopic (exact) mass is 1010 g/mol. The largest absolute Gasteiger partial charge is 0.463 e. The first-order valence-corrected chi connectivity index (χ1v) is 26.1. The van der Waals surface area contributed by atoms with Crippen LogP contribution in [0.3, 0.4) is 0 Å². The van der Waals surface area contributed by atoms with Crippen LogP contribution in [0.2, 0.25) is 0 Å². The Balaban J connectivity index is 1.52. The highest BCUT2D eigenvalue weighted by atomic mass is 16.8. The van der Waals surface area contributed by atoms with Crippen molar-refractivity contribution in [3.05, 3.63) is 0 Å². The van der Waals surface area contributed by atoms with E-state index in [1.54, 1.807) is 0 Å². The van der Waals surface area contributed by atoms with Crippen molar-refractivity contribution < 1.29 is 98.2 Å². The first-order valence-electron chi connectivity index (χ1n) is 26.1. The van der Waals surface area contributed by atoms with E-state index in [0.29, 0.717) is 38.5 Å². The van der Waals surface area contributed by atoms with Crippen LogP contribution < -0.4 is 0 Å². The normalized spacial score (nSPS) is 31.2. The fourth-order valence-electron chi connectivity index (χ4n) is 8.93. The molecule has 0 saturated carbocycles. The van der Waals surface area contributed by atoms with Gasteiger partial charge in [0.05, 0.1) is 31.5 Å². The number of hydrogen-bond donors (Lipinski definition) is 9. The van der Waals surface area contributed by atoms with Gasteiger partial charge in [-0.25, -0.2) is 0 Å². The van der Waals surface area contributed by atoms with Gasteiger partial charge in [-0.1, -0.05) is 111 Å². The summed E-state index contributed by atoms with van der Waals surface area (Å²) in [7, 11) is 0. The Morgan fingerprint density at radius 1 is 0.571 bits per heavy atom. The Labute approximate surface area is 414 Å². The van der Waals surface area contributed by atoms with E-state index in [1.807, 2.05) is 20.8 Å². The number of rotatable bonds is 35. The Bertz CT molecular complexity index is 1440. The number of carbonyl (C=O) groups excluding carboxylic acids is 3. The molecule has 0 aromatic carbocycles. The zero-order chi connectivity index (χ0) is 51.8. The second-order valence-electron chi connectivity index (χ2n) is 20.0. The molecule has 3 rings (SSSR count). The van der Waals surface area contributed by atoms with Crippen LogP contribution in [0.4, 0.5) is 0 Å². The van der Waals surface area contributed by atoms with E-state index in [-0.39, 0.29) is 24.7 Å². The van der Waals surface area contributed by atoms with E-state index in [0.717, 1.165) is 64.7 Å². The van der Waals surface area contributed by atoms with E-state index in [9.17, 15) is 60.3 Å². The van der Waals surface area contributed by atoms with Crippen molar-refractivity contribution >= 4 is 17.7 Å². The van der Waals surface area contributed by atoms with Crippen LogP contribution in [-0.2, 0) is 52.3 Å². The van der Waals surface area contributed by atoms with Crippen LogP contribution in [0.5, 0.6) is 0 Å². The van der Waals surface area contributed by atoms with Crippen LogP contribution in [-0.4, -0.2) is 188 Å². The zero-order valence-electron chi connectivity index (χ0n) is 42.4. The molecular weight excluding hydrogens is 921 g/mol. The summed E-state index contributed by atoms with van der Waals surface area (Å²) in [6.07, 6.45) is -6.28. The van der Waals surface area contributed by atoms with E-state index in [4.69, 9.17) is 37.9 Å². The molecule has 3 aliphatic heterocycles. The van der Waals surface area contributed by atoms with E-state index in [2.05, 4.69) is 0 Å². The molecule has 20 nitrogen and oxygen atoms in total. The fraction of sp³-hybridized carbons (Fsp3) is 0.940. The van der Waals surface area contributed by atoms with Crippen molar-refractivity contribution in [3.8, 4) is 0 Å². The predicted octanol–water partition coefficient (Wildman–Crippen LogP) is 2.76. The standard InChI is InChI=1S/C50H90O20/c1-6-7-21-33(22-20-25-36(55)35(54)24-19-17-15-13-11-9-8-10-12-14-16-18-23-34(53)31(4)51)67-49-46(41(59)37(56)27-64-49)70-50-47(42(60)38(57)28-65-50)69-48-44(62)43(61)45(66-32(5)52)39(68-48)29-63-40(58)26-30(2)3/h30,33-39,41-50,53-57,59-62H,6-29H2,1-5H3/t33?,34-,35?,36+,37+,38+,39+,41-,42-,43+,44+,45+,46+,47+,48-,49-,50-/m1/s1. The second kappa shape index (κ2) is 33.8. The number of hydrogen-bond acceptors (Lipinski definition) is 20. The number of aliphatic hydroxyl groups is 9. The van der Waals surface area contributed by atoms with E-state index in [1.165, 1.54) is 39.0 Å². The van der Waals surface area contributed by atoms with Crippen molar-refractivity contribution in [2.75, 3.05) is 19.8 Å². The van der Waals surface area contributed by atoms with Gasteiger partial charge in [0.2, 0.25) is 0 Å². The summed E-state index contributed by atoms with van der Waals surface area (Å²) >= 11 is 0. The molecule has 0 amide bonds. The molecule has 3 fully saturated rings. The maximum Gasteiger partial charge on any atom is 0.306 e. The molecule has 70 heavy (non-hydrogen) atoms. The number of ether oxygens (including phenoxy) is 8. The third-order valence-electron chi connectivity index (χ3n) is 13.2. The Morgan fingerprint density at radius 3 is 1.59 bits per heavy atom. The number of Topliss-reactive ketones (excluding diaryl/α,β-unsaturated/α-hetero) is 1. The minimum atomic E-state index is -1.91. The van der Waals surface area contributed by atoms with Gasteiger partial charge in [0.15, 0.2) is 30.8 Å².